The van der Waals surface area contributed by atoms with Gasteiger partial charge in [-0.1, -0.05) is 0 Å². The lowest BCUT2D eigenvalue weighted by atomic mass is 9.54. The molecule has 0 spiro atoms. The molecule has 1 heterocycles. The van der Waals surface area contributed by atoms with Crippen molar-refractivity contribution in [1.82, 2.24) is 10.7 Å². The van der Waals surface area contributed by atoms with E-state index in [1.54, 1.807) is 0 Å². The van der Waals surface area contributed by atoms with Crippen LogP contribution in [-0.4, -0.2) is 23.6 Å². The summed E-state index contributed by atoms with van der Waals surface area (Å²) < 4.78 is 0. The van der Waals surface area contributed by atoms with Crippen molar-refractivity contribution in [3.05, 3.63) is 0 Å². The molecule has 0 aromatic rings. The second kappa shape index (κ2) is 4.57. The quantitative estimate of drug-likeness (QED) is 0.795. The molecule has 5 rings (SSSR count). The van der Waals surface area contributed by atoms with Gasteiger partial charge in [-0.2, -0.15) is 5.10 Å². The van der Waals surface area contributed by atoms with Gasteiger partial charge in [-0.3, -0.25) is 9.59 Å². The zero-order valence-corrected chi connectivity index (χ0v) is 11.6. The van der Waals surface area contributed by atoms with Gasteiger partial charge in [0.05, 0.1) is 0 Å². The topological polar surface area (TPSA) is 70.6 Å². The molecule has 2 amide bonds. The van der Waals surface area contributed by atoms with Crippen molar-refractivity contribution in [2.24, 2.45) is 28.8 Å². The van der Waals surface area contributed by atoms with Crippen LogP contribution in [0.2, 0.25) is 0 Å². The van der Waals surface area contributed by atoms with Gasteiger partial charge in [0.25, 0.3) is 5.91 Å². The number of carbonyl (C=O) groups excluding carboxylic acids is 2. The Kier molecular flexibility index (Phi) is 2.82. The molecule has 108 valence electrons. The lowest BCUT2D eigenvalue weighted by molar-refractivity contribution is -0.121. The molecular formula is C15H21N3O2. The number of nitrogens with zero attached hydrogens (tertiary/aromatic N) is 1. The van der Waals surface area contributed by atoms with Gasteiger partial charge in [0.1, 0.15) is 5.71 Å². The molecule has 0 saturated heterocycles. The van der Waals surface area contributed by atoms with Crippen LogP contribution in [-0.2, 0) is 9.59 Å². The minimum atomic E-state index is -0.101. The van der Waals surface area contributed by atoms with Crippen molar-refractivity contribution in [3.8, 4) is 0 Å². The molecule has 0 radical (unpaired) electrons. The van der Waals surface area contributed by atoms with Gasteiger partial charge >= 0.3 is 0 Å². The van der Waals surface area contributed by atoms with Crippen molar-refractivity contribution < 1.29 is 9.59 Å². The second-order valence-electron chi connectivity index (χ2n) is 7.02. The summed E-state index contributed by atoms with van der Waals surface area (Å²) in [5.74, 6) is 3.01. The molecule has 4 aliphatic carbocycles. The van der Waals surface area contributed by atoms with E-state index in [2.05, 4.69) is 15.8 Å². The summed E-state index contributed by atoms with van der Waals surface area (Å²) in [6.45, 7) is 0. The average molecular weight is 275 g/mol. The zero-order chi connectivity index (χ0) is 13.7. The molecule has 5 aliphatic rings. The second-order valence-corrected chi connectivity index (χ2v) is 7.02. The molecule has 0 unspecified atom stereocenters. The van der Waals surface area contributed by atoms with Crippen molar-refractivity contribution in [1.29, 1.82) is 0 Å². The fourth-order valence-corrected chi connectivity index (χ4v) is 5.03. The summed E-state index contributed by atoms with van der Waals surface area (Å²) in [6, 6.07) is 0.343. The number of hydrogen-bond donors (Lipinski definition) is 2. The molecule has 20 heavy (non-hydrogen) atoms. The number of hydrogen-bond acceptors (Lipinski definition) is 3. The standard InChI is InChI=1S/C15H21N3O2/c19-13-2-1-12(17-18-13)15(20)16-14-10-4-8-3-9(6-10)7-11(14)5-8/h8-11,14H,1-7H2,(H,16,20)(H,18,19). The SMILES string of the molecule is O=C1CCC(C(=O)NC2C3CC4CC(C3)CC2C4)=NN1. The minimum absolute atomic E-state index is 0.0672. The monoisotopic (exact) mass is 275 g/mol. The fraction of sp³-hybridized carbons (Fsp3) is 0.800. The van der Waals surface area contributed by atoms with Crippen molar-refractivity contribution in [2.45, 2.75) is 51.0 Å². The largest absolute Gasteiger partial charge is 0.348 e. The van der Waals surface area contributed by atoms with Crippen LogP contribution in [0.15, 0.2) is 5.10 Å². The highest BCUT2D eigenvalue weighted by Gasteiger charge is 2.48. The van der Waals surface area contributed by atoms with Gasteiger partial charge in [0.15, 0.2) is 0 Å². The molecule has 4 saturated carbocycles. The molecule has 5 nitrogen and oxygen atoms in total. The van der Waals surface area contributed by atoms with Gasteiger partial charge in [-0.25, -0.2) is 5.43 Å². The highest BCUT2D eigenvalue weighted by atomic mass is 16.2. The highest BCUT2D eigenvalue weighted by molar-refractivity contribution is 6.39. The third-order valence-corrected chi connectivity index (χ3v) is 5.69. The van der Waals surface area contributed by atoms with E-state index in [-0.39, 0.29) is 11.8 Å². The van der Waals surface area contributed by atoms with Crippen molar-refractivity contribution in [3.63, 3.8) is 0 Å². The number of nitrogens with one attached hydrogen (secondary N) is 2. The first-order valence-electron chi connectivity index (χ1n) is 7.85. The summed E-state index contributed by atoms with van der Waals surface area (Å²) >= 11 is 0. The third-order valence-electron chi connectivity index (χ3n) is 5.69. The number of rotatable bonds is 2. The van der Waals surface area contributed by atoms with Crippen LogP contribution in [0.5, 0.6) is 0 Å². The van der Waals surface area contributed by atoms with Crippen molar-refractivity contribution >= 4 is 17.5 Å². The smallest absolute Gasteiger partial charge is 0.267 e. The summed E-state index contributed by atoms with van der Waals surface area (Å²) in [6.07, 6.45) is 7.43. The molecule has 4 bridgehead atoms. The first-order chi connectivity index (χ1) is 9.69. The Morgan fingerprint density at radius 2 is 1.70 bits per heavy atom. The summed E-state index contributed by atoms with van der Waals surface area (Å²) in [4.78, 5) is 23.4. The van der Waals surface area contributed by atoms with E-state index in [1.165, 1.54) is 32.1 Å². The van der Waals surface area contributed by atoms with E-state index in [1.807, 2.05) is 0 Å². The van der Waals surface area contributed by atoms with Gasteiger partial charge < -0.3 is 5.32 Å². The first kappa shape index (κ1) is 12.4. The normalized spacial score (nSPS) is 42.1. The Morgan fingerprint density at radius 3 is 2.25 bits per heavy atom. The molecule has 0 aromatic heterocycles. The number of amides is 2. The molecule has 2 N–H and O–H groups in total. The number of hydrazone groups is 1. The van der Waals surface area contributed by atoms with Crippen LogP contribution in [0, 0.1) is 23.7 Å². The van der Waals surface area contributed by atoms with Crippen LogP contribution in [0.25, 0.3) is 0 Å². The molecule has 0 atom stereocenters. The average Bonchev–Trinajstić information content (AvgIpc) is 2.42. The third kappa shape index (κ3) is 2.03. The molecule has 4 fully saturated rings. The molecular weight excluding hydrogens is 254 g/mol. The summed E-state index contributed by atoms with van der Waals surface area (Å²) in [5.41, 5.74) is 2.89. The predicted octanol–water partition coefficient (Wildman–Crippen LogP) is 1.19. The molecule has 5 heteroatoms. The fourth-order valence-electron chi connectivity index (χ4n) is 5.03. The van der Waals surface area contributed by atoms with E-state index < -0.39 is 0 Å². The maximum Gasteiger partial charge on any atom is 0.267 e. The van der Waals surface area contributed by atoms with Crippen molar-refractivity contribution in [2.75, 3.05) is 0 Å². The van der Waals surface area contributed by atoms with E-state index in [9.17, 15) is 9.59 Å². The maximum absolute atomic E-state index is 12.3. The Balaban J connectivity index is 1.44. The Hall–Kier alpha value is -1.39. The first-order valence-corrected chi connectivity index (χ1v) is 7.85. The van der Waals surface area contributed by atoms with E-state index >= 15 is 0 Å². The molecule has 0 aromatic carbocycles. The minimum Gasteiger partial charge on any atom is -0.348 e. The summed E-state index contributed by atoms with van der Waals surface area (Å²) in [5, 5.41) is 7.12. The van der Waals surface area contributed by atoms with Gasteiger partial charge in [0.2, 0.25) is 5.91 Å². The Labute approximate surface area is 118 Å². The predicted molar refractivity (Wildman–Crippen MR) is 73.8 cm³/mol. The van der Waals surface area contributed by atoms with Crippen LogP contribution >= 0.6 is 0 Å². The van der Waals surface area contributed by atoms with E-state index in [4.69, 9.17) is 0 Å². The van der Waals surface area contributed by atoms with Gasteiger partial charge in [-0.05, 0) is 55.8 Å². The van der Waals surface area contributed by atoms with Gasteiger partial charge in [-0.15, -0.1) is 0 Å². The van der Waals surface area contributed by atoms with Crippen LogP contribution in [0.1, 0.15) is 44.9 Å². The van der Waals surface area contributed by atoms with E-state index in [0.717, 1.165) is 11.8 Å². The lowest BCUT2D eigenvalue weighted by Crippen LogP contribution is -2.57. The Morgan fingerprint density at radius 1 is 1.05 bits per heavy atom. The van der Waals surface area contributed by atoms with Crippen LogP contribution in [0.4, 0.5) is 0 Å². The van der Waals surface area contributed by atoms with Crippen LogP contribution in [0.3, 0.4) is 0 Å². The number of carbonyl (C=O) groups is 2. The van der Waals surface area contributed by atoms with Gasteiger partial charge in [0, 0.05) is 18.9 Å². The highest BCUT2D eigenvalue weighted by Crippen LogP contribution is 2.53. The van der Waals surface area contributed by atoms with Crippen LogP contribution < -0.4 is 10.7 Å². The maximum atomic E-state index is 12.3. The Bertz CT molecular complexity index is 458. The summed E-state index contributed by atoms with van der Waals surface area (Å²) in [7, 11) is 0. The zero-order valence-electron chi connectivity index (χ0n) is 11.6. The van der Waals surface area contributed by atoms with E-state index in [0.29, 0.717) is 36.4 Å². The lowest BCUT2D eigenvalue weighted by Gasteiger charge is -2.54. The molecule has 1 aliphatic heterocycles.